The van der Waals surface area contributed by atoms with E-state index in [9.17, 15) is 13.6 Å². The molecule has 0 bridgehead atoms. The van der Waals surface area contributed by atoms with Crippen LogP contribution in [0.15, 0.2) is 39.2 Å². The summed E-state index contributed by atoms with van der Waals surface area (Å²) in [6.07, 6.45) is 0.709. The minimum absolute atomic E-state index is 0.0807. The first kappa shape index (κ1) is 21.0. The minimum Gasteiger partial charge on any atom is -0.483 e. The molecule has 0 radical (unpaired) electrons. The van der Waals surface area contributed by atoms with Gasteiger partial charge in [0.25, 0.3) is 5.91 Å². The lowest BCUT2D eigenvalue weighted by atomic mass is 10.3. The minimum atomic E-state index is -0.802. The second-order valence-corrected chi connectivity index (χ2v) is 7.24. The molecule has 6 nitrogen and oxygen atoms in total. The van der Waals surface area contributed by atoms with Crippen LogP contribution in [-0.2, 0) is 13.2 Å². The number of aromatic nitrogens is 2. The molecule has 0 aliphatic heterocycles. The van der Waals surface area contributed by atoms with Gasteiger partial charge < -0.3 is 14.5 Å². The fraction of sp³-hybridized carbons (Fsp3) is 0.300. The lowest BCUT2D eigenvalue weighted by Crippen LogP contribution is -2.25. The molecular formula is C20H20BrF2N3O3. The molecule has 0 spiro atoms. The number of nitrogens with one attached hydrogen (secondary N) is 1. The highest BCUT2D eigenvalue weighted by Gasteiger charge is 2.13. The van der Waals surface area contributed by atoms with Crippen molar-refractivity contribution >= 4 is 21.8 Å². The van der Waals surface area contributed by atoms with Crippen LogP contribution in [0.2, 0.25) is 0 Å². The van der Waals surface area contributed by atoms with E-state index in [0.717, 1.165) is 28.0 Å². The average molecular weight is 468 g/mol. The predicted molar refractivity (Wildman–Crippen MR) is 106 cm³/mol. The quantitative estimate of drug-likeness (QED) is 0.494. The number of carbonyl (C=O) groups excluding carboxylic acids is 1. The van der Waals surface area contributed by atoms with Crippen molar-refractivity contribution < 1.29 is 22.7 Å². The number of aryl methyl sites for hydroxylation is 2. The van der Waals surface area contributed by atoms with Crippen LogP contribution in [0.5, 0.6) is 5.75 Å². The number of rotatable bonds is 8. The zero-order valence-corrected chi connectivity index (χ0v) is 17.6. The Kier molecular flexibility index (Phi) is 6.68. The van der Waals surface area contributed by atoms with Crippen molar-refractivity contribution in [3.05, 3.63) is 69.3 Å². The van der Waals surface area contributed by atoms with Crippen molar-refractivity contribution in [1.29, 1.82) is 0 Å². The van der Waals surface area contributed by atoms with Gasteiger partial charge in [0, 0.05) is 24.8 Å². The number of furan rings is 1. The van der Waals surface area contributed by atoms with Crippen LogP contribution in [0.1, 0.15) is 34.1 Å². The number of ether oxygens (including phenoxy) is 1. The molecule has 0 saturated carbocycles. The molecule has 9 heteroatoms. The summed E-state index contributed by atoms with van der Waals surface area (Å²) in [7, 11) is 0. The Morgan fingerprint density at radius 2 is 2.07 bits per heavy atom. The van der Waals surface area contributed by atoms with Crippen LogP contribution < -0.4 is 10.1 Å². The molecule has 0 aliphatic carbocycles. The monoisotopic (exact) mass is 467 g/mol. The predicted octanol–water partition coefficient (Wildman–Crippen LogP) is 4.53. The highest BCUT2D eigenvalue weighted by molar-refractivity contribution is 9.10. The molecule has 2 heterocycles. The van der Waals surface area contributed by atoms with Crippen molar-refractivity contribution in [1.82, 2.24) is 15.1 Å². The number of amides is 1. The van der Waals surface area contributed by atoms with E-state index in [1.54, 1.807) is 6.07 Å². The Labute approximate surface area is 175 Å². The summed E-state index contributed by atoms with van der Waals surface area (Å²) in [5.41, 5.74) is 1.97. The number of hydrogen-bond acceptors (Lipinski definition) is 4. The normalized spacial score (nSPS) is 10.9. The van der Waals surface area contributed by atoms with Crippen LogP contribution in [0, 0.1) is 25.5 Å². The topological polar surface area (TPSA) is 69.3 Å². The van der Waals surface area contributed by atoms with Crippen molar-refractivity contribution in [3.63, 3.8) is 0 Å². The van der Waals surface area contributed by atoms with Gasteiger partial charge in [-0.05, 0) is 60.5 Å². The van der Waals surface area contributed by atoms with Gasteiger partial charge in [-0.2, -0.15) is 5.10 Å². The summed E-state index contributed by atoms with van der Waals surface area (Å²) in [5.74, 6) is -1.44. The first-order chi connectivity index (χ1) is 13.8. The molecule has 1 amide bonds. The third-order valence-corrected chi connectivity index (χ3v) is 5.42. The second-order valence-electron chi connectivity index (χ2n) is 6.45. The molecule has 0 unspecified atom stereocenters. The largest absolute Gasteiger partial charge is 0.483 e. The first-order valence-electron chi connectivity index (χ1n) is 8.99. The number of benzene rings is 1. The molecule has 154 valence electrons. The molecule has 3 rings (SSSR count). The SMILES string of the molecule is Cc1nn(CCCNC(=O)c2ccc(COc3ccc(F)cc3F)o2)c(C)c1Br. The Morgan fingerprint density at radius 3 is 2.76 bits per heavy atom. The van der Waals surface area contributed by atoms with Crippen LogP contribution >= 0.6 is 15.9 Å². The van der Waals surface area contributed by atoms with Crippen LogP contribution in [0.25, 0.3) is 0 Å². The van der Waals surface area contributed by atoms with E-state index < -0.39 is 11.6 Å². The fourth-order valence-electron chi connectivity index (χ4n) is 2.73. The van der Waals surface area contributed by atoms with Crippen LogP contribution in [0.3, 0.4) is 0 Å². The Hall–Kier alpha value is -2.68. The van der Waals surface area contributed by atoms with Crippen molar-refractivity contribution in [2.75, 3.05) is 6.54 Å². The van der Waals surface area contributed by atoms with Gasteiger partial charge in [-0.25, -0.2) is 8.78 Å². The Morgan fingerprint density at radius 1 is 1.28 bits per heavy atom. The third-order valence-electron chi connectivity index (χ3n) is 4.27. The number of hydrogen-bond donors (Lipinski definition) is 1. The number of halogens is 3. The Balaban J connectivity index is 1.45. The van der Waals surface area contributed by atoms with Crippen molar-refractivity contribution in [2.24, 2.45) is 0 Å². The van der Waals surface area contributed by atoms with Crippen LogP contribution in [-0.4, -0.2) is 22.2 Å². The van der Waals surface area contributed by atoms with Crippen molar-refractivity contribution in [3.8, 4) is 5.75 Å². The lowest BCUT2D eigenvalue weighted by Gasteiger charge is -2.06. The van der Waals surface area contributed by atoms with E-state index in [1.807, 2.05) is 18.5 Å². The van der Waals surface area contributed by atoms with Crippen LogP contribution in [0.4, 0.5) is 8.78 Å². The molecule has 0 atom stereocenters. The molecular weight excluding hydrogens is 448 g/mol. The zero-order valence-electron chi connectivity index (χ0n) is 16.0. The molecule has 29 heavy (non-hydrogen) atoms. The molecule has 0 saturated heterocycles. The highest BCUT2D eigenvalue weighted by Crippen LogP contribution is 2.20. The summed E-state index contributed by atoms with van der Waals surface area (Å²) < 4.78 is 40.0. The first-order valence-corrected chi connectivity index (χ1v) is 9.78. The summed E-state index contributed by atoms with van der Waals surface area (Å²) in [4.78, 5) is 12.2. The number of nitrogens with zero attached hydrogens (tertiary/aromatic N) is 2. The van der Waals surface area contributed by atoms with Gasteiger partial charge in [0.1, 0.15) is 18.2 Å². The maximum atomic E-state index is 13.6. The molecule has 1 aromatic carbocycles. The lowest BCUT2D eigenvalue weighted by molar-refractivity contribution is 0.0920. The maximum absolute atomic E-state index is 13.6. The highest BCUT2D eigenvalue weighted by atomic mass is 79.9. The smallest absolute Gasteiger partial charge is 0.286 e. The van der Waals surface area contributed by atoms with E-state index >= 15 is 0 Å². The van der Waals surface area contributed by atoms with E-state index in [4.69, 9.17) is 9.15 Å². The van der Waals surface area contributed by atoms with Gasteiger partial charge in [-0.1, -0.05) is 0 Å². The summed E-state index contributed by atoms with van der Waals surface area (Å²) >= 11 is 3.49. The summed E-state index contributed by atoms with van der Waals surface area (Å²) in [6, 6.07) is 6.13. The van der Waals surface area contributed by atoms with Crippen molar-refractivity contribution in [2.45, 2.75) is 33.4 Å². The number of carbonyl (C=O) groups is 1. The van der Waals surface area contributed by atoms with Gasteiger partial charge in [-0.15, -0.1) is 0 Å². The maximum Gasteiger partial charge on any atom is 0.286 e. The second kappa shape index (κ2) is 9.21. The van der Waals surface area contributed by atoms with Gasteiger partial charge in [0.15, 0.2) is 17.3 Å². The Bertz CT molecular complexity index is 1020. The molecule has 1 N–H and O–H groups in total. The third kappa shape index (κ3) is 5.23. The summed E-state index contributed by atoms with van der Waals surface area (Å²) in [6.45, 7) is 4.97. The van der Waals surface area contributed by atoms with E-state index in [-0.39, 0.29) is 24.0 Å². The fourth-order valence-corrected chi connectivity index (χ4v) is 3.01. The van der Waals surface area contributed by atoms with Gasteiger partial charge >= 0.3 is 0 Å². The molecule has 0 fully saturated rings. The zero-order chi connectivity index (χ0) is 21.0. The average Bonchev–Trinajstić information content (AvgIpc) is 3.25. The van der Waals surface area contributed by atoms with Gasteiger partial charge in [-0.3, -0.25) is 9.48 Å². The van der Waals surface area contributed by atoms with E-state index in [0.29, 0.717) is 25.3 Å². The van der Waals surface area contributed by atoms with Gasteiger partial charge in [0.2, 0.25) is 0 Å². The van der Waals surface area contributed by atoms with Gasteiger partial charge in [0.05, 0.1) is 10.2 Å². The standard InChI is InChI=1S/C20H20BrF2N3O3/c1-12-19(21)13(2)26(25-12)9-3-8-24-20(27)18-7-5-15(29-18)11-28-17-6-4-14(22)10-16(17)23/h4-7,10H,3,8-9,11H2,1-2H3,(H,24,27). The molecule has 0 aliphatic rings. The summed E-state index contributed by atoms with van der Waals surface area (Å²) in [5, 5.41) is 7.21. The van der Waals surface area contributed by atoms with E-state index in [2.05, 4.69) is 26.3 Å². The van der Waals surface area contributed by atoms with E-state index in [1.165, 1.54) is 12.1 Å². The molecule has 3 aromatic rings. The molecule has 2 aromatic heterocycles.